The largest absolute Gasteiger partial charge is 0.472 e. The van der Waals surface area contributed by atoms with Crippen LogP contribution in [0.2, 0.25) is 0 Å². The third-order valence-electron chi connectivity index (χ3n) is 8.39. The van der Waals surface area contributed by atoms with E-state index < -0.39 is 91.3 Å². The number of terminal acetylenes is 1. The van der Waals surface area contributed by atoms with Crippen LogP contribution < -0.4 is 0 Å². The van der Waals surface area contributed by atoms with Gasteiger partial charge in [0, 0.05) is 12.3 Å². The Morgan fingerprint density at radius 3 is 1.33 bits per heavy atom. The third kappa shape index (κ3) is 28.4. The van der Waals surface area contributed by atoms with Crippen molar-refractivity contribution in [2.45, 2.75) is 140 Å². The van der Waals surface area contributed by atoms with Crippen molar-refractivity contribution in [1.82, 2.24) is 0 Å². The molecule has 19 nitrogen and oxygen atoms in total. The second-order valence-corrected chi connectivity index (χ2v) is 17.3. The topological polar surface area (TPSA) is 303 Å². The number of rotatable bonds is 26. The molecule has 8 N–H and O–H groups in total. The van der Waals surface area contributed by atoms with Gasteiger partial charge in [0.2, 0.25) is 0 Å². The molecule has 1 fully saturated rings. The van der Waals surface area contributed by atoms with Crippen molar-refractivity contribution in [3.05, 3.63) is 0 Å². The van der Waals surface area contributed by atoms with E-state index in [0.717, 1.165) is 25.7 Å². The van der Waals surface area contributed by atoms with Crippen LogP contribution in [-0.2, 0) is 50.9 Å². The highest BCUT2D eigenvalue weighted by molar-refractivity contribution is 7.47. The van der Waals surface area contributed by atoms with Crippen molar-refractivity contribution in [1.29, 1.82) is 0 Å². The number of phosphoric ester groups is 3. The van der Waals surface area contributed by atoms with Crippen LogP contribution in [0.3, 0.4) is 0 Å². The average Bonchev–Trinajstić information content (AvgIpc) is 3.22. The van der Waals surface area contributed by atoms with Crippen LogP contribution in [0.1, 0.15) is 96.8 Å². The van der Waals surface area contributed by atoms with E-state index in [9.17, 15) is 63.1 Å². The van der Waals surface area contributed by atoms with Crippen molar-refractivity contribution < 1.29 is 90.6 Å². The Bertz CT molecular complexity index is 2120. The number of phosphoric acid groups is 3. The van der Waals surface area contributed by atoms with E-state index >= 15 is 0 Å². The molecule has 0 spiro atoms. The molecule has 0 aromatic rings. The van der Waals surface area contributed by atoms with E-state index in [1.54, 1.807) is 0 Å². The van der Waals surface area contributed by atoms with Crippen molar-refractivity contribution >= 4 is 35.4 Å². The molecule has 348 valence electrons. The van der Waals surface area contributed by atoms with Gasteiger partial charge in [-0.3, -0.25) is 22.9 Å². The summed E-state index contributed by atoms with van der Waals surface area (Å²) in [5, 5.41) is 31.7. The van der Waals surface area contributed by atoms with Crippen LogP contribution in [0.4, 0.5) is 0 Å². The Hall–Kier alpha value is -4.37. The first-order chi connectivity index (χ1) is 30.3. The van der Waals surface area contributed by atoms with Crippen molar-refractivity contribution in [3.8, 4) is 95.2 Å². The van der Waals surface area contributed by atoms with Crippen LogP contribution in [0.25, 0.3) is 0 Å². The molecule has 0 amide bonds. The highest BCUT2D eigenvalue weighted by Gasteiger charge is 2.56. The number of aliphatic hydroxyl groups excluding tert-OH is 3. The van der Waals surface area contributed by atoms with Gasteiger partial charge < -0.3 is 49.3 Å². The van der Waals surface area contributed by atoms with E-state index in [4.69, 9.17) is 24.9 Å². The Morgan fingerprint density at radius 1 is 0.547 bits per heavy atom. The monoisotopic (exact) mass is 952 g/mol. The number of hydrogen-bond donors (Lipinski definition) is 8. The van der Waals surface area contributed by atoms with Crippen molar-refractivity contribution in [2.75, 3.05) is 13.2 Å². The lowest BCUT2D eigenvalue weighted by Crippen LogP contribution is -2.65. The van der Waals surface area contributed by atoms with Crippen LogP contribution >= 0.6 is 23.5 Å². The molecule has 4 unspecified atom stereocenters. The summed E-state index contributed by atoms with van der Waals surface area (Å²) in [5.41, 5.74) is 0. The maximum Gasteiger partial charge on any atom is 0.472 e. The molecule has 0 aromatic carbocycles. The van der Waals surface area contributed by atoms with Gasteiger partial charge in [-0.2, -0.15) is 0 Å². The van der Waals surface area contributed by atoms with Gasteiger partial charge in [0.05, 0.1) is 6.61 Å². The van der Waals surface area contributed by atoms with Crippen LogP contribution in [0.5, 0.6) is 0 Å². The Kier molecular flexibility index (Phi) is 29.1. The van der Waals surface area contributed by atoms with Crippen LogP contribution in [-0.4, -0.2) is 108 Å². The van der Waals surface area contributed by atoms with E-state index in [0.29, 0.717) is 12.8 Å². The smallest absolute Gasteiger partial charge is 0.456 e. The predicted molar refractivity (Wildman–Crippen MR) is 227 cm³/mol. The van der Waals surface area contributed by atoms with Crippen molar-refractivity contribution in [2.24, 2.45) is 0 Å². The van der Waals surface area contributed by atoms with E-state index in [2.05, 4.69) is 98.9 Å². The zero-order valence-corrected chi connectivity index (χ0v) is 37.5. The number of aliphatic hydroxyl groups is 3. The van der Waals surface area contributed by atoms with Crippen LogP contribution in [0, 0.1) is 95.2 Å². The number of carbonyl (C=O) groups is 2. The molecule has 64 heavy (non-hydrogen) atoms. The Morgan fingerprint density at radius 2 is 0.922 bits per heavy atom. The fourth-order valence-corrected chi connectivity index (χ4v) is 7.64. The number of carbonyl (C=O) groups excluding carboxylic acids is 2. The molecule has 0 heterocycles. The zero-order valence-electron chi connectivity index (χ0n) is 34.8. The first kappa shape index (κ1) is 57.6. The van der Waals surface area contributed by atoms with Gasteiger partial charge >= 0.3 is 35.4 Å². The summed E-state index contributed by atoms with van der Waals surface area (Å²) in [6.45, 7) is 0.318. The fourth-order valence-electron chi connectivity index (χ4n) is 5.53. The lowest BCUT2D eigenvalue weighted by Gasteiger charge is -2.44. The molecule has 1 rings (SSSR count). The third-order valence-corrected chi connectivity index (χ3v) is 10.4. The van der Waals surface area contributed by atoms with Gasteiger partial charge in [-0.25, -0.2) is 18.5 Å². The average molecular weight is 953 g/mol. The minimum Gasteiger partial charge on any atom is -0.456 e. The fraction of sp³-hybridized carbons (Fsp3) is 0.571. The van der Waals surface area contributed by atoms with E-state index in [1.165, 1.54) is 44.9 Å². The van der Waals surface area contributed by atoms with E-state index in [1.807, 2.05) is 5.92 Å². The van der Waals surface area contributed by atoms with Gasteiger partial charge in [0.25, 0.3) is 0 Å². The minimum absolute atomic E-state index is 0.0932. The molecule has 0 radical (unpaired) electrons. The molecular weight excluding hydrogens is 901 g/mol. The second kappa shape index (κ2) is 32.3. The standard InChI is InChI=1S/C42H51O19P3/c1-3-5-7-9-11-13-15-17-19-20-22-24-26-28-30-35(43)56-32-34(58-36(44)31-29-27-25-23-21-18-16-14-12-10-8-6-4-2)33-57-64(54,55)61-42-38(46)40(59-62(48,49)50)37(45)41(39(42)47)60-63(51,52)53/h1,34,37-42,45-47H,4,6,8,10,12,14,16,18,21,23,25,27,29,31-33H2,2H3,(H,54,55)(H2,48,49,50)(H2,51,52,53)/t34-,37?,38-,39?,40-,41+,42?/m1/s1. The molecule has 1 aliphatic carbocycles. The highest BCUT2D eigenvalue weighted by atomic mass is 31.2. The summed E-state index contributed by atoms with van der Waals surface area (Å²) in [7, 11) is -16.7. The molecule has 0 saturated heterocycles. The first-order valence-electron chi connectivity index (χ1n) is 19.8. The number of esters is 2. The maximum absolute atomic E-state index is 13.0. The Labute approximate surface area is 373 Å². The van der Waals surface area contributed by atoms with Gasteiger partial charge in [-0.1, -0.05) is 84.0 Å². The van der Waals surface area contributed by atoms with Gasteiger partial charge in [-0.15, -0.1) is 6.42 Å². The van der Waals surface area contributed by atoms with Crippen LogP contribution in [0.15, 0.2) is 0 Å². The van der Waals surface area contributed by atoms with Gasteiger partial charge in [0.15, 0.2) is 6.10 Å². The maximum atomic E-state index is 13.0. The van der Waals surface area contributed by atoms with E-state index in [-0.39, 0.29) is 6.42 Å². The molecule has 0 bridgehead atoms. The summed E-state index contributed by atoms with van der Waals surface area (Å²) in [6, 6.07) is 0. The zero-order chi connectivity index (χ0) is 47.9. The summed E-state index contributed by atoms with van der Waals surface area (Å²) in [4.78, 5) is 72.5. The molecule has 22 heteroatoms. The quantitative estimate of drug-likeness (QED) is 0.0203. The Balaban J connectivity index is 2.99. The summed E-state index contributed by atoms with van der Waals surface area (Å²) >= 11 is 0. The molecule has 1 aliphatic rings. The number of ether oxygens (including phenoxy) is 2. The highest BCUT2D eigenvalue weighted by Crippen LogP contribution is 2.51. The molecule has 0 aliphatic heterocycles. The summed E-state index contributed by atoms with van der Waals surface area (Å²) < 4.78 is 64.6. The van der Waals surface area contributed by atoms with Gasteiger partial charge in [0.1, 0.15) is 43.2 Å². The van der Waals surface area contributed by atoms with Gasteiger partial charge in [-0.05, 0) is 89.3 Å². The second-order valence-electron chi connectivity index (χ2n) is 13.5. The molecule has 1 saturated carbocycles. The lowest BCUT2D eigenvalue weighted by atomic mass is 9.85. The first-order valence-corrected chi connectivity index (χ1v) is 24.4. The normalized spacial score (nSPS) is 20.1. The molecule has 0 aromatic heterocycles. The molecule has 8 atom stereocenters. The minimum atomic E-state index is -5.59. The molecular formula is C42H51O19P3. The SMILES string of the molecule is C#CC#CC#CC#CC#CC#CC#CC#CC(=O)OC[C@H](COP(=O)(O)OC1C(O)[C@@H](OP(=O)(O)O)C(O)[C@@H](OP(=O)(O)O)[C@H]1O)OC(=O)CCCCCCCCCCCCCCC. The van der Waals surface area contributed by atoms with Crippen molar-refractivity contribution in [3.63, 3.8) is 0 Å². The summed E-state index contributed by atoms with van der Waals surface area (Å²) in [5.74, 6) is 32.5. The lowest BCUT2D eigenvalue weighted by molar-refractivity contribution is -0.213. The number of hydrogen-bond acceptors (Lipinski definition) is 14. The summed E-state index contributed by atoms with van der Waals surface area (Å²) in [6.07, 6.45) is 1.75. The number of unbranched alkanes of at least 4 members (excludes halogenated alkanes) is 12. The predicted octanol–water partition coefficient (Wildman–Crippen LogP) is 2.13.